The van der Waals surface area contributed by atoms with Crippen molar-refractivity contribution < 1.29 is 9.21 Å². The summed E-state index contributed by atoms with van der Waals surface area (Å²) in [6.45, 7) is 0.613. The first-order valence-corrected chi connectivity index (χ1v) is 8.32. The Labute approximate surface area is 126 Å². The van der Waals surface area contributed by atoms with E-state index in [1.54, 1.807) is 6.26 Å². The Hall–Kier alpha value is -1.29. The van der Waals surface area contributed by atoms with Crippen molar-refractivity contribution in [2.24, 2.45) is 11.7 Å². The Morgan fingerprint density at radius 1 is 1.24 bits per heavy atom. The third-order valence-electron chi connectivity index (χ3n) is 5.02. The molecular formula is C17H26N2O2. The summed E-state index contributed by atoms with van der Waals surface area (Å²) in [5.74, 6) is 1.30. The van der Waals surface area contributed by atoms with Gasteiger partial charge < -0.3 is 15.1 Å². The van der Waals surface area contributed by atoms with Crippen molar-refractivity contribution in [3.8, 4) is 0 Å². The van der Waals surface area contributed by atoms with Gasteiger partial charge in [-0.15, -0.1) is 0 Å². The molecule has 4 nitrogen and oxygen atoms in total. The lowest BCUT2D eigenvalue weighted by atomic mass is 9.85. The average Bonchev–Trinajstić information content (AvgIpc) is 3.17. The fourth-order valence-corrected chi connectivity index (χ4v) is 3.86. The lowest BCUT2D eigenvalue weighted by molar-refractivity contribution is -0.140. The van der Waals surface area contributed by atoms with Gasteiger partial charge in [0.15, 0.2) is 0 Å². The predicted octanol–water partition coefficient (Wildman–Crippen LogP) is 3.07. The molecule has 0 spiro atoms. The summed E-state index contributed by atoms with van der Waals surface area (Å²) in [7, 11) is 0. The second kappa shape index (κ2) is 6.65. The van der Waals surface area contributed by atoms with E-state index in [2.05, 4.69) is 4.90 Å². The molecule has 2 fully saturated rings. The lowest BCUT2D eigenvalue weighted by Crippen LogP contribution is -2.44. The minimum Gasteiger partial charge on any atom is -0.467 e. The number of carbonyl (C=O) groups is 1. The molecule has 0 aliphatic heterocycles. The van der Waals surface area contributed by atoms with Gasteiger partial charge in [0.1, 0.15) is 5.76 Å². The number of hydrogen-bond acceptors (Lipinski definition) is 3. The SMILES string of the molecule is NC1CCCC(C(=O)N(Cc2ccco2)C2CCCC2)C1. The molecule has 0 saturated heterocycles. The van der Waals surface area contributed by atoms with Crippen LogP contribution in [0.2, 0.25) is 0 Å². The first kappa shape index (κ1) is 14.6. The van der Waals surface area contributed by atoms with Crippen molar-refractivity contribution in [2.45, 2.75) is 70.0 Å². The largest absolute Gasteiger partial charge is 0.467 e. The highest BCUT2D eigenvalue weighted by Gasteiger charge is 2.34. The fourth-order valence-electron chi connectivity index (χ4n) is 3.86. The van der Waals surface area contributed by atoms with E-state index in [1.165, 1.54) is 12.8 Å². The molecule has 2 atom stereocenters. The number of nitrogens with two attached hydrogens (primary N) is 1. The minimum atomic E-state index is 0.115. The summed E-state index contributed by atoms with van der Waals surface area (Å²) >= 11 is 0. The zero-order valence-electron chi connectivity index (χ0n) is 12.7. The number of rotatable bonds is 4. The van der Waals surface area contributed by atoms with E-state index in [1.807, 2.05) is 12.1 Å². The van der Waals surface area contributed by atoms with E-state index >= 15 is 0 Å². The lowest BCUT2D eigenvalue weighted by Gasteiger charge is -2.34. The topological polar surface area (TPSA) is 59.5 Å². The predicted molar refractivity (Wildman–Crippen MR) is 81.4 cm³/mol. The smallest absolute Gasteiger partial charge is 0.226 e. The molecule has 2 saturated carbocycles. The van der Waals surface area contributed by atoms with Crippen molar-refractivity contribution in [2.75, 3.05) is 0 Å². The van der Waals surface area contributed by atoms with Gasteiger partial charge in [-0.05, 0) is 44.2 Å². The van der Waals surface area contributed by atoms with E-state index in [0.717, 1.165) is 44.3 Å². The maximum Gasteiger partial charge on any atom is 0.226 e. The zero-order chi connectivity index (χ0) is 14.7. The maximum atomic E-state index is 13.0. The molecular weight excluding hydrogens is 264 g/mol. The summed E-state index contributed by atoms with van der Waals surface area (Å²) in [4.78, 5) is 15.1. The third-order valence-corrected chi connectivity index (χ3v) is 5.02. The fraction of sp³-hybridized carbons (Fsp3) is 0.706. The summed E-state index contributed by atoms with van der Waals surface area (Å²) in [6.07, 6.45) is 10.4. The van der Waals surface area contributed by atoms with E-state index in [-0.39, 0.29) is 12.0 Å². The second-order valence-electron chi connectivity index (χ2n) is 6.61. The molecule has 4 heteroatoms. The van der Waals surface area contributed by atoms with Crippen molar-refractivity contribution in [3.05, 3.63) is 24.2 Å². The number of amides is 1. The van der Waals surface area contributed by atoms with Crippen molar-refractivity contribution in [1.82, 2.24) is 4.90 Å². The summed E-state index contributed by atoms with van der Waals surface area (Å²) < 4.78 is 5.46. The first-order chi connectivity index (χ1) is 10.2. The maximum absolute atomic E-state index is 13.0. The molecule has 116 valence electrons. The molecule has 2 unspecified atom stereocenters. The number of furan rings is 1. The van der Waals surface area contributed by atoms with E-state index in [0.29, 0.717) is 18.5 Å². The molecule has 21 heavy (non-hydrogen) atoms. The molecule has 0 radical (unpaired) electrons. The molecule has 0 bridgehead atoms. The summed E-state index contributed by atoms with van der Waals surface area (Å²) in [6, 6.07) is 4.44. The number of hydrogen-bond donors (Lipinski definition) is 1. The molecule has 2 aliphatic carbocycles. The zero-order valence-corrected chi connectivity index (χ0v) is 12.7. The van der Waals surface area contributed by atoms with Gasteiger partial charge in [-0.2, -0.15) is 0 Å². The van der Waals surface area contributed by atoms with Crippen molar-refractivity contribution in [3.63, 3.8) is 0 Å². The van der Waals surface area contributed by atoms with Crippen molar-refractivity contribution in [1.29, 1.82) is 0 Å². The summed E-state index contributed by atoms with van der Waals surface area (Å²) in [5, 5.41) is 0. The normalized spacial score (nSPS) is 26.9. The molecule has 1 amide bonds. The van der Waals surface area contributed by atoms with Gasteiger partial charge in [0.05, 0.1) is 12.8 Å². The Morgan fingerprint density at radius 2 is 2.05 bits per heavy atom. The second-order valence-corrected chi connectivity index (χ2v) is 6.61. The van der Waals surface area contributed by atoms with E-state index < -0.39 is 0 Å². The van der Waals surface area contributed by atoms with Crippen LogP contribution in [0, 0.1) is 5.92 Å². The van der Waals surface area contributed by atoms with Gasteiger partial charge >= 0.3 is 0 Å². The van der Waals surface area contributed by atoms with Crippen molar-refractivity contribution >= 4 is 5.91 Å². The average molecular weight is 290 g/mol. The number of nitrogens with zero attached hydrogens (tertiary/aromatic N) is 1. The standard InChI is InChI=1S/C17H26N2O2/c18-14-6-3-5-13(11-14)17(20)19(15-7-1-2-8-15)12-16-9-4-10-21-16/h4,9-10,13-15H,1-3,5-8,11-12,18H2. The molecule has 3 rings (SSSR count). The van der Waals surface area contributed by atoms with Gasteiger partial charge in [0.25, 0.3) is 0 Å². The molecule has 0 aromatic carbocycles. The van der Waals surface area contributed by atoms with Gasteiger partial charge in [-0.1, -0.05) is 19.3 Å². The van der Waals surface area contributed by atoms with E-state index in [4.69, 9.17) is 10.2 Å². The van der Waals surface area contributed by atoms with Crippen LogP contribution in [0.3, 0.4) is 0 Å². The van der Waals surface area contributed by atoms with Gasteiger partial charge in [-0.3, -0.25) is 4.79 Å². The Bertz CT molecular complexity index is 451. The van der Waals surface area contributed by atoms with Gasteiger partial charge in [0.2, 0.25) is 5.91 Å². The van der Waals surface area contributed by atoms with Crippen LogP contribution in [-0.2, 0) is 11.3 Å². The van der Waals surface area contributed by atoms with Crippen LogP contribution in [0.5, 0.6) is 0 Å². The van der Waals surface area contributed by atoms with Crippen LogP contribution in [-0.4, -0.2) is 22.9 Å². The van der Waals surface area contributed by atoms with E-state index in [9.17, 15) is 4.79 Å². The summed E-state index contributed by atoms with van der Waals surface area (Å²) in [5.41, 5.74) is 6.06. The molecule has 1 heterocycles. The molecule has 1 aromatic rings. The quantitative estimate of drug-likeness (QED) is 0.927. The number of carbonyl (C=O) groups excluding carboxylic acids is 1. The highest BCUT2D eigenvalue weighted by atomic mass is 16.3. The van der Waals surface area contributed by atoms with Crippen LogP contribution in [0.25, 0.3) is 0 Å². The van der Waals surface area contributed by atoms with Crippen LogP contribution < -0.4 is 5.73 Å². The van der Waals surface area contributed by atoms with Crippen LogP contribution in [0.4, 0.5) is 0 Å². The van der Waals surface area contributed by atoms with Crippen LogP contribution >= 0.6 is 0 Å². The molecule has 1 aromatic heterocycles. The molecule has 2 N–H and O–H groups in total. The monoisotopic (exact) mass is 290 g/mol. The first-order valence-electron chi connectivity index (χ1n) is 8.32. The third kappa shape index (κ3) is 3.49. The minimum absolute atomic E-state index is 0.115. The van der Waals surface area contributed by atoms with Crippen LogP contribution in [0.15, 0.2) is 22.8 Å². The highest BCUT2D eigenvalue weighted by molar-refractivity contribution is 5.79. The highest BCUT2D eigenvalue weighted by Crippen LogP contribution is 2.30. The van der Waals surface area contributed by atoms with Gasteiger partial charge in [-0.25, -0.2) is 0 Å². The Kier molecular flexibility index (Phi) is 4.63. The van der Waals surface area contributed by atoms with Gasteiger partial charge in [0, 0.05) is 18.0 Å². The Balaban J connectivity index is 1.72. The van der Waals surface area contributed by atoms with Crippen LogP contribution in [0.1, 0.15) is 57.1 Å². The molecule has 2 aliphatic rings. The Morgan fingerprint density at radius 3 is 2.71 bits per heavy atom.